The molecule has 13 heavy (non-hydrogen) atoms. The van der Waals surface area contributed by atoms with Gasteiger partial charge in [-0.1, -0.05) is 25.7 Å². The molecule has 0 radical (unpaired) electrons. The van der Waals surface area contributed by atoms with Gasteiger partial charge in [0.25, 0.3) is 0 Å². The van der Waals surface area contributed by atoms with E-state index in [0.29, 0.717) is 13.1 Å². The number of β-amino-alcohol motifs (C(OH)–C–C–N with tert-alkyl or cyclic N) is 1. The minimum absolute atomic E-state index is 0.0168. The van der Waals surface area contributed by atoms with Crippen molar-refractivity contribution in [3.05, 3.63) is 0 Å². The summed E-state index contributed by atoms with van der Waals surface area (Å²) in [5.41, 5.74) is 5.41. The van der Waals surface area contributed by atoms with Crippen molar-refractivity contribution in [2.24, 2.45) is 11.7 Å². The molecule has 1 saturated heterocycles. The van der Waals surface area contributed by atoms with Crippen molar-refractivity contribution in [3.63, 3.8) is 0 Å². The van der Waals surface area contributed by atoms with Gasteiger partial charge in [-0.3, -0.25) is 0 Å². The zero-order chi connectivity index (χ0) is 9.31. The molecule has 1 aliphatic carbocycles. The first kappa shape index (κ1) is 9.44. The normalized spacial score (nSPS) is 30.0. The Kier molecular flexibility index (Phi) is 2.58. The molecular weight excluding hydrogens is 164 g/mol. The molecule has 76 valence electrons. The fourth-order valence-electron chi connectivity index (χ4n) is 2.47. The van der Waals surface area contributed by atoms with Gasteiger partial charge < -0.3 is 16.2 Å². The summed E-state index contributed by atoms with van der Waals surface area (Å²) in [5.74, 6) is 0.777. The Morgan fingerprint density at radius 2 is 2.00 bits per heavy atom. The maximum absolute atomic E-state index is 9.95. The van der Waals surface area contributed by atoms with E-state index in [1.54, 1.807) is 0 Å². The summed E-state index contributed by atoms with van der Waals surface area (Å²) in [6.45, 7) is 1.36. The first-order valence-electron chi connectivity index (χ1n) is 5.39. The van der Waals surface area contributed by atoms with Crippen LogP contribution in [0.1, 0.15) is 32.1 Å². The average Bonchev–Trinajstić information content (AvgIpc) is 2.52. The van der Waals surface area contributed by atoms with Crippen LogP contribution >= 0.6 is 0 Å². The second kappa shape index (κ2) is 3.56. The van der Waals surface area contributed by atoms with Gasteiger partial charge in [-0.2, -0.15) is 0 Å². The lowest BCUT2D eigenvalue weighted by molar-refractivity contribution is -0.0379. The summed E-state index contributed by atoms with van der Waals surface area (Å²) in [7, 11) is 0. The third kappa shape index (κ3) is 1.87. The van der Waals surface area contributed by atoms with Crippen LogP contribution in [-0.4, -0.2) is 29.8 Å². The van der Waals surface area contributed by atoms with E-state index in [9.17, 15) is 5.11 Å². The lowest BCUT2D eigenvalue weighted by Gasteiger charge is -2.43. The average molecular weight is 184 g/mol. The Morgan fingerprint density at radius 1 is 1.38 bits per heavy atom. The van der Waals surface area contributed by atoms with Crippen molar-refractivity contribution < 1.29 is 5.11 Å². The Balaban J connectivity index is 1.79. The van der Waals surface area contributed by atoms with Crippen molar-refractivity contribution in [2.75, 3.05) is 13.1 Å². The van der Waals surface area contributed by atoms with Crippen LogP contribution in [-0.2, 0) is 0 Å². The molecule has 2 rings (SSSR count). The smallest absolute Gasteiger partial charge is 0.104 e. The lowest BCUT2D eigenvalue weighted by atomic mass is 9.83. The van der Waals surface area contributed by atoms with E-state index in [-0.39, 0.29) is 6.04 Å². The maximum atomic E-state index is 9.95. The van der Waals surface area contributed by atoms with Crippen LogP contribution in [0.5, 0.6) is 0 Å². The van der Waals surface area contributed by atoms with Gasteiger partial charge in [0.2, 0.25) is 0 Å². The molecule has 1 heterocycles. The van der Waals surface area contributed by atoms with Crippen molar-refractivity contribution in [3.8, 4) is 0 Å². The SMILES string of the molecule is NC(CC1CCCC1)C1(O)CNC1. The number of hydrogen-bond acceptors (Lipinski definition) is 3. The third-order valence-electron chi connectivity index (χ3n) is 3.61. The Bertz CT molecular complexity index is 174. The fraction of sp³-hybridized carbons (Fsp3) is 1.00. The van der Waals surface area contributed by atoms with E-state index in [4.69, 9.17) is 5.73 Å². The van der Waals surface area contributed by atoms with Gasteiger partial charge >= 0.3 is 0 Å². The molecule has 2 aliphatic rings. The zero-order valence-corrected chi connectivity index (χ0v) is 8.13. The summed E-state index contributed by atoms with van der Waals surface area (Å²) in [6, 6.07) is -0.0168. The molecule has 1 unspecified atom stereocenters. The molecule has 0 amide bonds. The van der Waals surface area contributed by atoms with Gasteiger partial charge in [0, 0.05) is 19.1 Å². The summed E-state index contributed by atoms with van der Waals surface area (Å²) in [4.78, 5) is 0. The predicted octanol–water partition coefficient (Wildman–Crippen LogP) is 0.228. The highest BCUT2D eigenvalue weighted by atomic mass is 16.3. The molecular formula is C10H20N2O. The quantitative estimate of drug-likeness (QED) is 0.588. The monoisotopic (exact) mass is 184 g/mol. The molecule has 3 heteroatoms. The van der Waals surface area contributed by atoms with E-state index in [0.717, 1.165) is 12.3 Å². The van der Waals surface area contributed by atoms with Gasteiger partial charge in [0.15, 0.2) is 0 Å². The van der Waals surface area contributed by atoms with Gasteiger partial charge in [0.1, 0.15) is 5.60 Å². The van der Waals surface area contributed by atoms with Gasteiger partial charge in [0.05, 0.1) is 0 Å². The van der Waals surface area contributed by atoms with Crippen LogP contribution < -0.4 is 11.1 Å². The first-order chi connectivity index (χ1) is 6.21. The first-order valence-corrected chi connectivity index (χ1v) is 5.39. The topological polar surface area (TPSA) is 58.3 Å². The highest BCUT2D eigenvalue weighted by Crippen LogP contribution is 2.31. The maximum Gasteiger partial charge on any atom is 0.104 e. The molecule has 1 aliphatic heterocycles. The second-order valence-electron chi connectivity index (χ2n) is 4.70. The summed E-state index contributed by atoms with van der Waals surface area (Å²) >= 11 is 0. The summed E-state index contributed by atoms with van der Waals surface area (Å²) in [6.07, 6.45) is 6.36. The molecule has 2 fully saturated rings. The molecule has 0 aromatic heterocycles. The highest BCUT2D eigenvalue weighted by Gasteiger charge is 2.41. The van der Waals surface area contributed by atoms with E-state index in [1.165, 1.54) is 25.7 Å². The molecule has 0 bridgehead atoms. The van der Waals surface area contributed by atoms with Gasteiger partial charge in [-0.05, 0) is 12.3 Å². The van der Waals surface area contributed by atoms with Crippen LogP contribution in [0, 0.1) is 5.92 Å². The Labute approximate surface area is 79.7 Å². The molecule has 4 N–H and O–H groups in total. The van der Waals surface area contributed by atoms with E-state index in [2.05, 4.69) is 5.32 Å². The standard InChI is InChI=1S/C10H20N2O/c11-9(10(13)6-12-7-10)5-8-3-1-2-4-8/h8-9,12-13H,1-7,11H2. The lowest BCUT2D eigenvalue weighted by Crippen LogP contribution is -2.68. The number of nitrogens with two attached hydrogens (primary N) is 1. The van der Waals surface area contributed by atoms with Crippen LogP contribution in [0.2, 0.25) is 0 Å². The van der Waals surface area contributed by atoms with Crippen LogP contribution in [0.25, 0.3) is 0 Å². The second-order valence-corrected chi connectivity index (χ2v) is 4.70. The predicted molar refractivity (Wildman–Crippen MR) is 52.4 cm³/mol. The molecule has 0 aromatic carbocycles. The number of rotatable bonds is 3. The molecule has 0 spiro atoms. The largest absolute Gasteiger partial charge is 0.386 e. The molecule has 3 nitrogen and oxygen atoms in total. The minimum Gasteiger partial charge on any atom is -0.386 e. The van der Waals surface area contributed by atoms with Crippen LogP contribution in [0.3, 0.4) is 0 Å². The van der Waals surface area contributed by atoms with E-state index >= 15 is 0 Å². The Morgan fingerprint density at radius 3 is 2.46 bits per heavy atom. The van der Waals surface area contributed by atoms with Crippen molar-refractivity contribution in [1.29, 1.82) is 0 Å². The van der Waals surface area contributed by atoms with Crippen molar-refractivity contribution in [2.45, 2.75) is 43.7 Å². The summed E-state index contributed by atoms with van der Waals surface area (Å²) in [5, 5.41) is 13.0. The minimum atomic E-state index is -0.595. The third-order valence-corrected chi connectivity index (χ3v) is 3.61. The summed E-state index contributed by atoms with van der Waals surface area (Å²) < 4.78 is 0. The number of hydrogen-bond donors (Lipinski definition) is 3. The van der Waals surface area contributed by atoms with Gasteiger partial charge in [-0.25, -0.2) is 0 Å². The van der Waals surface area contributed by atoms with Crippen LogP contribution in [0.15, 0.2) is 0 Å². The van der Waals surface area contributed by atoms with E-state index in [1.807, 2.05) is 0 Å². The number of aliphatic hydroxyl groups is 1. The van der Waals surface area contributed by atoms with Crippen molar-refractivity contribution in [1.82, 2.24) is 5.32 Å². The zero-order valence-electron chi connectivity index (χ0n) is 8.13. The van der Waals surface area contributed by atoms with Crippen LogP contribution in [0.4, 0.5) is 0 Å². The Hall–Kier alpha value is -0.120. The van der Waals surface area contributed by atoms with Crippen molar-refractivity contribution >= 4 is 0 Å². The molecule has 1 saturated carbocycles. The van der Waals surface area contributed by atoms with E-state index < -0.39 is 5.60 Å². The molecule has 1 atom stereocenters. The van der Waals surface area contributed by atoms with Gasteiger partial charge in [-0.15, -0.1) is 0 Å². The highest BCUT2D eigenvalue weighted by molar-refractivity contribution is 5.01. The fourth-order valence-corrected chi connectivity index (χ4v) is 2.47. The molecule has 0 aromatic rings. The number of nitrogens with one attached hydrogen (secondary N) is 1.